The molecule has 0 unspecified atom stereocenters. The molecule has 0 aliphatic heterocycles. The molecule has 2 heterocycles. The van der Waals surface area contributed by atoms with Crippen LogP contribution in [0.1, 0.15) is 22.3 Å². The number of hydrogen-bond acceptors (Lipinski definition) is 5. The second kappa shape index (κ2) is 12.3. The van der Waals surface area contributed by atoms with Crippen molar-refractivity contribution in [3.05, 3.63) is 178 Å². The van der Waals surface area contributed by atoms with Gasteiger partial charge < -0.3 is 18.6 Å². The third-order valence-corrected chi connectivity index (χ3v) is 9.90. The van der Waals surface area contributed by atoms with Crippen molar-refractivity contribution in [2.24, 2.45) is 0 Å². The monoisotopic (exact) mass is 676 g/mol. The molecule has 0 radical (unpaired) electrons. The first-order valence-electron chi connectivity index (χ1n) is 17.5. The van der Waals surface area contributed by atoms with Gasteiger partial charge in [0, 0.05) is 39.2 Å². The number of rotatable bonds is 6. The van der Waals surface area contributed by atoms with E-state index < -0.39 is 0 Å². The zero-order valence-electron chi connectivity index (χ0n) is 29.5. The average molecular weight is 677 g/mol. The zero-order valence-corrected chi connectivity index (χ0v) is 29.5. The highest BCUT2D eigenvalue weighted by atomic mass is 16.3. The molecule has 0 amide bonds. The van der Waals surface area contributed by atoms with Crippen LogP contribution in [-0.4, -0.2) is 0 Å². The second-order valence-corrected chi connectivity index (χ2v) is 13.7. The molecule has 0 bridgehead atoms. The molecule has 0 aliphatic rings. The molecule has 0 fully saturated rings. The van der Waals surface area contributed by atoms with Crippen LogP contribution in [0.4, 0.5) is 34.1 Å². The lowest BCUT2D eigenvalue weighted by Gasteiger charge is -2.30. The van der Waals surface area contributed by atoms with Crippen LogP contribution in [0, 0.1) is 27.7 Å². The summed E-state index contributed by atoms with van der Waals surface area (Å²) in [6.07, 6.45) is 0. The van der Waals surface area contributed by atoms with Crippen molar-refractivity contribution in [3.8, 4) is 0 Å². The molecule has 0 atom stereocenters. The van der Waals surface area contributed by atoms with Crippen LogP contribution in [0.3, 0.4) is 0 Å². The van der Waals surface area contributed by atoms with E-state index in [1.54, 1.807) is 6.07 Å². The maximum Gasteiger partial charge on any atom is 0.200 e. The molecule has 252 valence electrons. The van der Waals surface area contributed by atoms with E-state index in [0.29, 0.717) is 33.1 Å². The summed E-state index contributed by atoms with van der Waals surface area (Å²) in [5.74, 6) is 0. The first kappa shape index (κ1) is 31.4. The number of aryl methyl sites for hydroxylation is 4. The molecular formula is C47H36N2O3. The van der Waals surface area contributed by atoms with E-state index in [-0.39, 0.29) is 5.43 Å². The molecule has 9 aromatic rings. The molecule has 0 spiro atoms. The van der Waals surface area contributed by atoms with E-state index in [0.717, 1.165) is 44.9 Å². The molecule has 7 aromatic carbocycles. The summed E-state index contributed by atoms with van der Waals surface area (Å²) < 4.78 is 13.2. The number of furan rings is 1. The van der Waals surface area contributed by atoms with Crippen LogP contribution < -0.4 is 15.2 Å². The highest BCUT2D eigenvalue weighted by molar-refractivity contribution is 6.15. The zero-order chi connectivity index (χ0) is 35.5. The Kier molecular flexibility index (Phi) is 7.44. The van der Waals surface area contributed by atoms with Crippen LogP contribution in [0.25, 0.3) is 43.9 Å². The van der Waals surface area contributed by atoms with Crippen molar-refractivity contribution in [1.82, 2.24) is 0 Å². The van der Waals surface area contributed by atoms with Gasteiger partial charge in [-0.05, 0) is 113 Å². The minimum atomic E-state index is -0.0778. The normalized spacial score (nSPS) is 11.5. The van der Waals surface area contributed by atoms with E-state index in [1.165, 1.54) is 22.3 Å². The van der Waals surface area contributed by atoms with Gasteiger partial charge in [0.1, 0.15) is 16.7 Å². The SMILES string of the molecule is Cc1ccc(N(c2ccc(C)cc2)c2cc(N(c3ccc(C)cc3)c3ccc(C)cc3)c3oc4cc5c(=O)c6ccccc6oc5cc4c3c2)cc1. The van der Waals surface area contributed by atoms with Gasteiger partial charge >= 0.3 is 0 Å². The minimum absolute atomic E-state index is 0.0778. The fourth-order valence-corrected chi connectivity index (χ4v) is 7.08. The minimum Gasteiger partial charge on any atom is -0.456 e. The lowest BCUT2D eigenvalue weighted by molar-refractivity contribution is 0.657. The fourth-order valence-electron chi connectivity index (χ4n) is 7.08. The van der Waals surface area contributed by atoms with Gasteiger partial charge in [0.25, 0.3) is 0 Å². The summed E-state index contributed by atoms with van der Waals surface area (Å²) >= 11 is 0. The van der Waals surface area contributed by atoms with E-state index >= 15 is 0 Å². The van der Waals surface area contributed by atoms with Gasteiger partial charge in [0.05, 0.1) is 16.5 Å². The van der Waals surface area contributed by atoms with Gasteiger partial charge in [-0.2, -0.15) is 0 Å². The summed E-state index contributed by atoms with van der Waals surface area (Å²) in [5.41, 5.74) is 13.0. The Morgan fingerprint density at radius 3 is 1.38 bits per heavy atom. The van der Waals surface area contributed by atoms with Gasteiger partial charge in [0.2, 0.25) is 5.43 Å². The largest absolute Gasteiger partial charge is 0.456 e. The maximum absolute atomic E-state index is 13.7. The molecular weight excluding hydrogens is 641 g/mol. The number of benzene rings is 7. The topological polar surface area (TPSA) is 49.8 Å². The third kappa shape index (κ3) is 5.39. The van der Waals surface area contributed by atoms with E-state index in [9.17, 15) is 4.79 Å². The summed E-state index contributed by atoms with van der Waals surface area (Å²) in [6.45, 7) is 8.41. The van der Waals surface area contributed by atoms with Crippen molar-refractivity contribution in [2.75, 3.05) is 9.80 Å². The Labute approximate surface area is 301 Å². The molecule has 0 N–H and O–H groups in total. The number of nitrogens with zero attached hydrogens (tertiary/aromatic N) is 2. The quantitative estimate of drug-likeness (QED) is 0.164. The lowest BCUT2D eigenvalue weighted by Crippen LogP contribution is -2.13. The predicted octanol–water partition coefficient (Wildman–Crippen LogP) is 13.0. The standard InChI is InChI=1S/C47H36N2O3/c1-29-9-17-33(18-10-29)48(34-19-11-30(2)12-20-34)37-25-40-39-27-45-41(46(50)38-7-5-6-8-43(38)51-45)28-44(39)52-47(40)42(26-37)49(35-21-13-31(3)14-22-35)36-23-15-32(4)16-24-36/h5-28H,1-4H3. The van der Waals surface area contributed by atoms with Gasteiger partial charge in [0.15, 0.2) is 5.58 Å². The molecule has 2 aromatic heterocycles. The highest BCUT2D eigenvalue weighted by Gasteiger charge is 2.24. The Hall–Kier alpha value is -6.59. The van der Waals surface area contributed by atoms with Crippen molar-refractivity contribution in [1.29, 1.82) is 0 Å². The molecule has 52 heavy (non-hydrogen) atoms. The van der Waals surface area contributed by atoms with Gasteiger partial charge in [-0.1, -0.05) is 82.9 Å². The van der Waals surface area contributed by atoms with Gasteiger partial charge in [-0.25, -0.2) is 0 Å². The smallest absolute Gasteiger partial charge is 0.200 e. The summed E-state index contributed by atoms with van der Waals surface area (Å²) in [7, 11) is 0. The van der Waals surface area contributed by atoms with Crippen LogP contribution in [0.2, 0.25) is 0 Å². The first-order valence-corrected chi connectivity index (χ1v) is 17.5. The Morgan fingerprint density at radius 2 is 0.846 bits per heavy atom. The van der Waals surface area contributed by atoms with Crippen molar-refractivity contribution >= 4 is 78.0 Å². The Bertz CT molecular complexity index is 2740. The Morgan fingerprint density at radius 1 is 0.385 bits per heavy atom. The molecule has 5 nitrogen and oxygen atoms in total. The maximum atomic E-state index is 13.7. The van der Waals surface area contributed by atoms with Crippen LogP contribution in [0.15, 0.2) is 159 Å². The fraction of sp³-hybridized carbons (Fsp3) is 0.0851. The molecule has 5 heteroatoms. The van der Waals surface area contributed by atoms with Crippen LogP contribution in [-0.2, 0) is 0 Å². The molecule has 9 rings (SSSR count). The second-order valence-electron chi connectivity index (χ2n) is 13.7. The van der Waals surface area contributed by atoms with Crippen molar-refractivity contribution in [2.45, 2.75) is 27.7 Å². The Balaban J connectivity index is 1.40. The predicted molar refractivity (Wildman–Crippen MR) is 216 cm³/mol. The lowest BCUT2D eigenvalue weighted by atomic mass is 10.0. The molecule has 0 saturated carbocycles. The summed E-state index contributed by atoms with van der Waals surface area (Å²) in [4.78, 5) is 18.3. The molecule has 0 saturated heterocycles. The van der Waals surface area contributed by atoms with Crippen molar-refractivity contribution < 1.29 is 8.83 Å². The van der Waals surface area contributed by atoms with Gasteiger partial charge in [-0.3, -0.25) is 4.79 Å². The van der Waals surface area contributed by atoms with E-state index in [4.69, 9.17) is 8.83 Å². The van der Waals surface area contributed by atoms with Gasteiger partial charge in [-0.15, -0.1) is 0 Å². The number of para-hydroxylation sites is 1. The number of anilines is 6. The number of fused-ring (bicyclic) bond motifs is 5. The number of hydrogen-bond donors (Lipinski definition) is 0. The highest BCUT2D eigenvalue weighted by Crippen LogP contribution is 2.47. The average Bonchev–Trinajstić information content (AvgIpc) is 3.52. The summed E-state index contributed by atoms with van der Waals surface area (Å²) in [6, 6.07) is 50.0. The van der Waals surface area contributed by atoms with Crippen molar-refractivity contribution in [3.63, 3.8) is 0 Å². The van der Waals surface area contributed by atoms with Crippen LogP contribution in [0.5, 0.6) is 0 Å². The first-order chi connectivity index (χ1) is 25.3. The van der Waals surface area contributed by atoms with E-state index in [2.05, 4.69) is 147 Å². The van der Waals surface area contributed by atoms with Crippen LogP contribution >= 0.6 is 0 Å². The summed E-state index contributed by atoms with van der Waals surface area (Å²) in [5, 5.41) is 2.81. The third-order valence-electron chi connectivity index (χ3n) is 9.90. The van der Waals surface area contributed by atoms with E-state index in [1.807, 2.05) is 30.3 Å². The molecule has 0 aliphatic carbocycles.